The second kappa shape index (κ2) is 4.81. The largest absolute Gasteiger partial charge is 0.497 e. The van der Waals surface area contributed by atoms with Crippen LogP contribution in [0.5, 0.6) is 11.5 Å². The maximum atomic E-state index is 5.46. The first-order valence-electron chi connectivity index (χ1n) is 4.16. The molecule has 4 heteroatoms. The lowest BCUT2D eigenvalue weighted by Crippen LogP contribution is -2.11. The lowest BCUT2D eigenvalue weighted by molar-refractivity contribution is 0.393. The lowest BCUT2D eigenvalue weighted by Gasteiger charge is -2.07. The van der Waals surface area contributed by atoms with E-state index in [4.69, 9.17) is 27.4 Å². The summed E-state index contributed by atoms with van der Waals surface area (Å²) in [6.45, 7) is 0. The van der Waals surface area contributed by atoms with Gasteiger partial charge in [0.15, 0.2) is 0 Å². The molecule has 0 radical (unpaired) electrons. The average molecular weight is 211 g/mol. The van der Waals surface area contributed by atoms with Crippen LogP contribution in [0.1, 0.15) is 5.56 Å². The van der Waals surface area contributed by atoms with E-state index in [1.807, 2.05) is 18.2 Å². The van der Waals surface area contributed by atoms with Crippen LogP contribution >= 0.6 is 12.2 Å². The zero-order valence-electron chi connectivity index (χ0n) is 8.24. The monoisotopic (exact) mass is 211 g/mol. The van der Waals surface area contributed by atoms with Crippen molar-refractivity contribution in [3.8, 4) is 11.5 Å². The number of benzene rings is 1. The number of rotatable bonds is 4. The minimum atomic E-state index is 0.459. The minimum absolute atomic E-state index is 0.459. The molecule has 0 aliphatic carbocycles. The second-order valence-corrected chi connectivity index (χ2v) is 3.39. The number of methoxy groups -OCH3 is 2. The fourth-order valence-electron chi connectivity index (χ4n) is 1.17. The van der Waals surface area contributed by atoms with Crippen molar-refractivity contribution < 1.29 is 9.47 Å². The summed E-state index contributed by atoms with van der Waals surface area (Å²) in [5.74, 6) is 1.49. The van der Waals surface area contributed by atoms with Crippen molar-refractivity contribution in [2.24, 2.45) is 5.73 Å². The third-order valence-corrected chi connectivity index (χ3v) is 1.93. The number of hydrogen-bond acceptors (Lipinski definition) is 3. The Kier molecular flexibility index (Phi) is 3.71. The van der Waals surface area contributed by atoms with Gasteiger partial charge in [-0.3, -0.25) is 0 Å². The molecule has 14 heavy (non-hydrogen) atoms. The van der Waals surface area contributed by atoms with E-state index in [9.17, 15) is 0 Å². The summed E-state index contributed by atoms with van der Waals surface area (Å²) in [6, 6.07) is 5.59. The van der Waals surface area contributed by atoms with E-state index < -0.39 is 0 Å². The normalized spacial score (nSPS) is 9.57. The average Bonchev–Trinajstić information content (AvgIpc) is 2.16. The molecule has 1 aromatic rings. The Balaban J connectivity index is 2.98. The molecule has 0 saturated carbocycles. The molecule has 0 aliphatic rings. The molecule has 0 spiro atoms. The molecular weight excluding hydrogens is 198 g/mol. The molecule has 0 heterocycles. The van der Waals surface area contributed by atoms with Crippen LogP contribution in [0.15, 0.2) is 18.2 Å². The minimum Gasteiger partial charge on any atom is -0.497 e. The van der Waals surface area contributed by atoms with Crippen molar-refractivity contribution in [1.29, 1.82) is 0 Å². The van der Waals surface area contributed by atoms with Gasteiger partial charge in [0.05, 0.1) is 19.2 Å². The molecular formula is C10H13NO2S. The van der Waals surface area contributed by atoms with Crippen molar-refractivity contribution in [3.63, 3.8) is 0 Å². The van der Waals surface area contributed by atoms with Crippen LogP contribution in [-0.4, -0.2) is 19.2 Å². The summed E-state index contributed by atoms with van der Waals surface area (Å²) >= 11 is 4.83. The molecule has 0 aromatic heterocycles. The SMILES string of the molecule is COc1cc(CC(N)=S)cc(OC)c1. The van der Waals surface area contributed by atoms with Gasteiger partial charge in [-0.15, -0.1) is 0 Å². The third kappa shape index (κ3) is 2.88. The predicted molar refractivity (Wildman–Crippen MR) is 60.0 cm³/mol. The smallest absolute Gasteiger partial charge is 0.122 e. The molecule has 76 valence electrons. The number of hydrogen-bond donors (Lipinski definition) is 1. The number of thiocarbonyl (C=S) groups is 1. The summed E-state index contributed by atoms with van der Waals surface area (Å²) in [5, 5.41) is 0. The van der Waals surface area contributed by atoms with Gasteiger partial charge < -0.3 is 15.2 Å². The summed E-state index contributed by atoms with van der Waals surface area (Å²) in [5.41, 5.74) is 6.45. The standard InChI is InChI=1S/C10H13NO2S/c1-12-8-3-7(5-10(11)14)4-9(6-8)13-2/h3-4,6H,5H2,1-2H3,(H2,11,14). The summed E-state index contributed by atoms with van der Waals surface area (Å²) in [7, 11) is 3.22. The van der Waals surface area contributed by atoms with Crippen LogP contribution in [0.4, 0.5) is 0 Å². The summed E-state index contributed by atoms with van der Waals surface area (Å²) in [4.78, 5) is 0.459. The van der Waals surface area contributed by atoms with E-state index in [2.05, 4.69) is 0 Å². The van der Waals surface area contributed by atoms with E-state index in [0.29, 0.717) is 11.4 Å². The van der Waals surface area contributed by atoms with Gasteiger partial charge in [-0.2, -0.15) is 0 Å². The molecule has 0 amide bonds. The Morgan fingerprint density at radius 1 is 1.21 bits per heavy atom. The number of nitrogens with two attached hydrogens (primary N) is 1. The van der Waals surface area contributed by atoms with Crippen molar-refractivity contribution >= 4 is 17.2 Å². The van der Waals surface area contributed by atoms with Gasteiger partial charge in [-0.05, 0) is 17.7 Å². The van der Waals surface area contributed by atoms with Crippen molar-refractivity contribution in [1.82, 2.24) is 0 Å². The zero-order chi connectivity index (χ0) is 10.6. The predicted octanol–water partition coefficient (Wildman–Crippen LogP) is 1.53. The highest BCUT2D eigenvalue weighted by atomic mass is 32.1. The van der Waals surface area contributed by atoms with Gasteiger partial charge in [0, 0.05) is 12.5 Å². The molecule has 0 bridgehead atoms. The maximum Gasteiger partial charge on any atom is 0.122 e. The first kappa shape index (κ1) is 10.8. The van der Waals surface area contributed by atoms with Crippen LogP contribution in [0.3, 0.4) is 0 Å². The Bertz CT molecular complexity index is 317. The van der Waals surface area contributed by atoms with Crippen LogP contribution in [-0.2, 0) is 6.42 Å². The molecule has 0 saturated heterocycles. The molecule has 2 N–H and O–H groups in total. The van der Waals surface area contributed by atoms with Crippen LogP contribution in [0, 0.1) is 0 Å². The zero-order valence-corrected chi connectivity index (χ0v) is 9.06. The molecule has 0 aliphatic heterocycles. The second-order valence-electron chi connectivity index (χ2n) is 2.86. The highest BCUT2D eigenvalue weighted by Gasteiger charge is 2.02. The van der Waals surface area contributed by atoms with E-state index in [-0.39, 0.29) is 0 Å². The van der Waals surface area contributed by atoms with Gasteiger partial charge in [0.2, 0.25) is 0 Å². The molecule has 3 nitrogen and oxygen atoms in total. The third-order valence-electron chi connectivity index (χ3n) is 1.79. The summed E-state index contributed by atoms with van der Waals surface area (Å²) in [6.07, 6.45) is 0.558. The maximum absolute atomic E-state index is 5.46. The highest BCUT2D eigenvalue weighted by Crippen LogP contribution is 2.22. The van der Waals surface area contributed by atoms with Gasteiger partial charge >= 0.3 is 0 Å². The van der Waals surface area contributed by atoms with Gasteiger partial charge in [-0.1, -0.05) is 12.2 Å². The lowest BCUT2D eigenvalue weighted by atomic mass is 10.1. The van der Waals surface area contributed by atoms with Crippen LogP contribution in [0.2, 0.25) is 0 Å². The summed E-state index contributed by atoms with van der Waals surface area (Å²) < 4.78 is 10.2. The molecule has 0 unspecified atom stereocenters. The fourth-order valence-corrected chi connectivity index (χ4v) is 1.34. The Hall–Kier alpha value is -1.29. The van der Waals surface area contributed by atoms with E-state index in [1.165, 1.54) is 0 Å². The topological polar surface area (TPSA) is 44.5 Å². The highest BCUT2D eigenvalue weighted by molar-refractivity contribution is 7.80. The molecule has 1 aromatic carbocycles. The van der Waals surface area contributed by atoms with Crippen LogP contribution < -0.4 is 15.2 Å². The number of ether oxygens (including phenoxy) is 2. The molecule has 0 atom stereocenters. The Labute approximate surface area is 88.8 Å². The first-order chi connectivity index (χ1) is 6.65. The fraction of sp³-hybridized carbons (Fsp3) is 0.300. The van der Waals surface area contributed by atoms with Crippen molar-refractivity contribution in [2.75, 3.05) is 14.2 Å². The van der Waals surface area contributed by atoms with Gasteiger partial charge in [0.1, 0.15) is 11.5 Å². The molecule has 0 fully saturated rings. The van der Waals surface area contributed by atoms with Gasteiger partial charge in [-0.25, -0.2) is 0 Å². The van der Waals surface area contributed by atoms with Crippen LogP contribution in [0.25, 0.3) is 0 Å². The quantitative estimate of drug-likeness (QED) is 0.767. The Morgan fingerprint density at radius 2 is 1.71 bits per heavy atom. The van der Waals surface area contributed by atoms with Crippen molar-refractivity contribution in [2.45, 2.75) is 6.42 Å². The van der Waals surface area contributed by atoms with Gasteiger partial charge in [0.25, 0.3) is 0 Å². The Morgan fingerprint density at radius 3 is 2.07 bits per heavy atom. The van der Waals surface area contributed by atoms with Crippen molar-refractivity contribution in [3.05, 3.63) is 23.8 Å². The van der Waals surface area contributed by atoms with E-state index in [0.717, 1.165) is 17.1 Å². The molecule has 1 rings (SSSR count). The first-order valence-corrected chi connectivity index (χ1v) is 4.56. The van der Waals surface area contributed by atoms with E-state index >= 15 is 0 Å². The van der Waals surface area contributed by atoms with E-state index in [1.54, 1.807) is 14.2 Å².